The van der Waals surface area contributed by atoms with E-state index in [1.54, 1.807) is 10.8 Å². The van der Waals surface area contributed by atoms with Gasteiger partial charge in [-0.15, -0.1) is 0 Å². The first-order valence-electron chi connectivity index (χ1n) is 7.78. The number of aryl methyl sites for hydroxylation is 1. The number of nitrogens with one attached hydrogen (secondary N) is 1. The number of hydrogen-bond acceptors (Lipinski definition) is 5. The molecule has 0 fully saturated rings. The summed E-state index contributed by atoms with van der Waals surface area (Å²) in [6.45, 7) is 1.98. The molecule has 7 heteroatoms. The minimum absolute atomic E-state index is 0.123. The van der Waals surface area contributed by atoms with Crippen molar-refractivity contribution in [2.24, 2.45) is 0 Å². The van der Waals surface area contributed by atoms with Crippen LogP contribution in [0.2, 0.25) is 0 Å². The highest BCUT2D eigenvalue weighted by molar-refractivity contribution is 7.98. The van der Waals surface area contributed by atoms with Gasteiger partial charge in [0.25, 0.3) is 5.56 Å². The van der Waals surface area contributed by atoms with Gasteiger partial charge in [0, 0.05) is 18.1 Å². The SMILES string of the molecule is Cc1ccccc1-n1c(SCc2cccnc2)nc2[nH]ncc2c1=O. The van der Waals surface area contributed by atoms with E-state index in [1.807, 2.05) is 49.5 Å². The van der Waals surface area contributed by atoms with E-state index < -0.39 is 0 Å². The highest BCUT2D eigenvalue weighted by Crippen LogP contribution is 2.25. The lowest BCUT2D eigenvalue weighted by Gasteiger charge is -2.13. The van der Waals surface area contributed by atoms with Crippen LogP contribution in [0, 0.1) is 6.92 Å². The Labute approximate surface area is 148 Å². The van der Waals surface area contributed by atoms with Crippen LogP contribution in [-0.4, -0.2) is 24.7 Å². The minimum Gasteiger partial charge on any atom is -0.268 e. The standard InChI is InChI=1S/C18H15N5OS/c1-12-5-2-3-7-15(12)23-17(24)14-10-20-22-16(14)21-18(23)25-11-13-6-4-8-19-9-13/h2-10H,11H2,1H3,(H,20,22). The van der Waals surface area contributed by atoms with Gasteiger partial charge in [-0.25, -0.2) is 4.98 Å². The van der Waals surface area contributed by atoms with Crippen LogP contribution >= 0.6 is 11.8 Å². The Morgan fingerprint density at radius 3 is 2.84 bits per heavy atom. The normalized spacial score (nSPS) is 11.1. The molecule has 0 amide bonds. The Kier molecular flexibility index (Phi) is 4.07. The molecule has 0 aliphatic carbocycles. The van der Waals surface area contributed by atoms with Crippen LogP contribution in [0.1, 0.15) is 11.1 Å². The van der Waals surface area contributed by atoms with E-state index in [0.29, 0.717) is 21.9 Å². The third kappa shape index (κ3) is 2.94. The zero-order chi connectivity index (χ0) is 17.2. The number of para-hydroxylation sites is 1. The quantitative estimate of drug-likeness (QED) is 0.452. The van der Waals surface area contributed by atoms with Gasteiger partial charge < -0.3 is 0 Å². The molecule has 0 radical (unpaired) electrons. The molecule has 124 valence electrons. The average Bonchev–Trinajstić information content (AvgIpc) is 3.11. The summed E-state index contributed by atoms with van der Waals surface area (Å²) < 4.78 is 1.66. The first-order valence-corrected chi connectivity index (χ1v) is 8.76. The maximum Gasteiger partial charge on any atom is 0.269 e. The molecule has 1 N–H and O–H groups in total. The monoisotopic (exact) mass is 349 g/mol. The second-order valence-electron chi connectivity index (χ2n) is 5.60. The molecule has 4 rings (SSSR count). The molecule has 0 bridgehead atoms. The Balaban J connectivity index is 1.86. The van der Waals surface area contributed by atoms with Crippen LogP contribution < -0.4 is 5.56 Å². The molecular formula is C18H15N5OS. The van der Waals surface area contributed by atoms with Gasteiger partial charge in [0.05, 0.1) is 11.9 Å². The molecule has 4 aromatic rings. The Bertz CT molecular complexity index is 1090. The van der Waals surface area contributed by atoms with E-state index in [2.05, 4.69) is 20.2 Å². The maximum absolute atomic E-state index is 13.0. The topological polar surface area (TPSA) is 76.5 Å². The summed E-state index contributed by atoms with van der Waals surface area (Å²) in [4.78, 5) is 21.8. The number of aromatic amines is 1. The lowest BCUT2D eigenvalue weighted by Crippen LogP contribution is -2.22. The molecule has 0 saturated heterocycles. The molecule has 25 heavy (non-hydrogen) atoms. The van der Waals surface area contributed by atoms with E-state index in [4.69, 9.17) is 0 Å². The summed E-state index contributed by atoms with van der Waals surface area (Å²) in [6, 6.07) is 11.7. The molecule has 3 aromatic heterocycles. The number of H-pyrrole nitrogens is 1. The summed E-state index contributed by atoms with van der Waals surface area (Å²) in [7, 11) is 0. The molecule has 0 unspecified atom stereocenters. The zero-order valence-corrected chi connectivity index (χ0v) is 14.3. The second kappa shape index (κ2) is 6.52. The molecule has 6 nitrogen and oxygen atoms in total. The number of pyridine rings is 1. The van der Waals surface area contributed by atoms with E-state index in [1.165, 1.54) is 18.0 Å². The lowest BCUT2D eigenvalue weighted by molar-refractivity contribution is 0.810. The number of nitrogens with zero attached hydrogens (tertiary/aromatic N) is 4. The van der Waals surface area contributed by atoms with Crippen molar-refractivity contribution in [3.8, 4) is 5.69 Å². The van der Waals surface area contributed by atoms with Gasteiger partial charge in [0.2, 0.25) is 0 Å². The number of aromatic nitrogens is 5. The van der Waals surface area contributed by atoms with Gasteiger partial charge >= 0.3 is 0 Å². The smallest absolute Gasteiger partial charge is 0.268 e. The maximum atomic E-state index is 13.0. The van der Waals surface area contributed by atoms with Crippen molar-refractivity contribution >= 4 is 22.8 Å². The predicted octanol–water partition coefficient (Wildman–Crippen LogP) is 3.10. The Morgan fingerprint density at radius 1 is 1.16 bits per heavy atom. The third-order valence-electron chi connectivity index (χ3n) is 3.90. The number of benzene rings is 1. The first kappa shape index (κ1) is 15.6. The van der Waals surface area contributed by atoms with Crippen molar-refractivity contribution in [3.63, 3.8) is 0 Å². The summed E-state index contributed by atoms with van der Waals surface area (Å²) in [5.74, 6) is 0.672. The van der Waals surface area contributed by atoms with E-state index >= 15 is 0 Å². The summed E-state index contributed by atoms with van der Waals surface area (Å²) >= 11 is 1.50. The fourth-order valence-corrected chi connectivity index (χ4v) is 3.56. The molecule has 1 aromatic carbocycles. The van der Waals surface area contributed by atoms with Crippen LogP contribution in [0.3, 0.4) is 0 Å². The lowest BCUT2D eigenvalue weighted by atomic mass is 10.2. The Morgan fingerprint density at radius 2 is 2.04 bits per heavy atom. The zero-order valence-electron chi connectivity index (χ0n) is 13.5. The van der Waals surface area contributed by atoms with Crippen molar-refractivity contribution in [2.45, 2.75) is 17.8 Å². The van der Waals surface area contributed by atoms with Crippen molar-refractivity contribution < 1.29 is 0 Å². The summed E-state index contributed by atoms with van der Waals surface area (Å²) in [6.07, 6.45) is 5.08. The predicted molar refractivity (Wildman–Crippen MR) is 98.0 cm³/mol. The molecule has 0 spiro atoms. The van der Waals surface area contributed by atoms with Gasteiger partial charge in [-0.3, -0.25) is 19.4 Å². The summed E-state index contributed by atoms with van der Waals surface area (Å²) in [5, 5.41) is 7.86. The fourth-order valence-electron chi connectivity index (χ4n) is 2.63. The largest absolute Gasteiger partial charge is 0.269 e. The summed E-state index contributed by atoms with van der Waals surface area (Å²) in [5.41, 5.74) is 3.29. The van der Waals surface area contributed by atoms with Crippen molar-refractivity contribution in [2.75, 3.05) is 0 Å². The molecule has 3 heterocycles. The Hall–Kier alpha value is -2.93. The molecule has 0 aliphatic heterocycles. The van der Waals surface area contributed by atoms with Crippen LogP contribution in [0.15, 0.2) is 64.9 Å². The third-order valence-corrected chi connectivity index (χ3v) is 4.91. The van der Waals surface area contributed by atoms with Crippen LogP contribution in [0.4, 0.5) is 0 Å². The van der Waals surface area contributed by atoms with Crippen LogP contribution in [-0.2, 0) is 5.75 Å². The van der Waals surface area contributed by atoms with Crippen molar-refractivity contribution in [1.82, 2.24) is 24.7 Å². The van der Waals surface area contributed by atoms with E-state index in [9.17, 15) is 4.79 Å². The van der Waals surface area contributed by atoms with E-state index in [0.717, 1.165) is 16.8 Å². The van der Waals surface area contributed by atoms with Gasteiger partial charge in [0.15, 0.2) is 10.8 Å². The van der Waals surface area contributed by atoms with Gasteiger partial charge in [-0.05, 0) is 30.2 Å². The molecule has 0 aliphatic rings. The number of fused-ring (bicyclic) bond motifs is 1. The molecule has 0 atom stereocenters. The number of hydrogen-bond donors (Lipinski definition) is 1. The van der Waals surface area contributed by atoms with Gasteiger partial charge in [-0.2, -0.15) is 5.10 Å². The highest BCUT2D eigenvalue weighted by Gasteiger charge is 2.15. The van der Waals surface area contributed by atoms with E-state index in [-0.39, 0.29) is 5.56 Å². The van der Waals surface area contributed by atoms with Crippen LogP contribution in [0.5, 0.6) is 0 Å². The molecule has 0 saturated carbocycles. The highest BCUT2D eigenvalue weighted by atomic mass is 32.2. The second-order valence-corrected chi connectivity index (χ2v) is 6.55. The van der Waals surface area contributed by atoms with Gasteiger partial charge in [-0.1, -0.05) is 36.0 Å². The number of thioether (sulfide) groups is 1. The van der Waals surface area contributed by atoms with Gasteiger partial charge in [0.1, 0.15) is 5.39 Å². The fraction of sp³-hybridized carbons (Fsp3) is 0.111. The van der Waals surface area contributed by atoms with Crippen LogP contribution in [0.25, 0.3) is 16.7 Å². The minimum atomic E-state index is -0.123. The van der Waals surface area contributed by atoms with Crippen molar-refractivity contribution in [3.05, 3.63) is 76.5 Å². The van der Waals surface area contributed by atoms with Crippen molar-refractivity contribution in [1.29, 1.82) is 0 Å². The number of rotatable bonds is 4. The first-order chi connectivity index (χ1) is 12.2. The molecular weight excluding hydrogens is 334 g/mol. The average molecular weight is 349 g/mol.